The average molecular weight is 370 g/mol. The molecule has 0 amide bonds. The Morgan fingerprint density at radius 3 is 2.63 bits per heavy atom. The van der Waals surface area contributed by atoms with Crippen LogP contribution < -0.4 is 5.32 Å². The van der Waals surface area contributed by atoms with Crippen molar-refractivity contribution in [2.75, 3.05) is 5.32 Å². The van der Waals surface area contributed by atoms with Crippen LogP contribution in [0.5, 0.6) is 0 Å². The molecule has 0 saturated carbocycles. The van der Waals surface area contributed by atoms with Gasteiger partial charge in [0.15, 0.2) is 5.13 Å². The van der Waals surface area contributed by atoms with E-state index in [0.29, 0.717) is 0 Å². The molecule has 0 bridgehead atoms. The molecule has 4 nitrogen and oxygen atoms in total. The Hall–Kier alpha value is -3.18. The molecular weight excluding hydrogens is 352 g/mol. The maximum atomic E-state index is 4.77. The van der Waals surface area contributed by atoms with Crippen LogP contribution in [0.15, 0.2) is 72.9 Å². The molecule has 5 aromatic rings. The largest absolute Gasteiger partial charge is 0.358 e. The number of thiazole rings is 1. The number of para-hydroxylation sites is 2. The minimum Gasteiger partial charge on any atom is -0.358 e. The summed E-state index contributed by atoms with van der Waals surface area (Å²) in [5.41, 5.74) is 5.48. The first-order chi connectivity index (χ1) is 13.3. The van der Waals surface area contributed by atoms with Crippen LogP contribution in [0.2, 0.25) is 0 Å². The number of aromatic amines is 1. The zero-order valence-corrected chi connectivity index (χ0v) is 15.6. The van der Waals surface area contributed by atoms with Gasteiger partial charge in [-0.2, -0.15) is 0 Å². The van der Waals surface area contributed by atoms with Gasteiger partial charge in [0.25, 0.3) is 0 Å². The number of fused-ring (bicyclic) bond motifs is 2. The number of nitrogens with zero attached hydrogens (tertiary/aromatic N) is 2. The fourth-order valence-corrected chi connectivity index (χ4v) is 4.46. The van der Waals surface area contributed by atoms with E-state index in [9.17, 15) is 0 Å². The van der Waals surface area contributed by atoms with E-state index < -0.39 is 0 Å². The van der Waals surface area contributed by atoms with Crippen molar-refractivity contribution in [1.29, 1.82) is 0 Å². The van der Waals surface area contributed by atoms with Crippen molar-refractivity contribution < 1.29 is 0 Å². The minimum atomic E-state index is -0.0806. The zero-order chi connectivity index (χ0) is 18.2. The van der Waals surface area contributed by atoms with Crippen molar-refractivity contribution in [3.8, 4) is 0 Å². The van der Waals surface area contributed by atoms with Gasteiger partial charge in [0, 0.05) is 28.4 Å². The molecule has 1 unspecified atom stereocenters. The number of nitrogens with one attached hydrogen (secondary N) is 2. The first kappa shape index (κ1) is 16.0. The van der Waals surface area contributed by atoms with Gasteiger partial charge in [0.05, 0.1) is 22.0 Å². The van der Waals surface area contributed by atoms with Gasteiger partial charge in [0.1, 0.15) is 0 Å². The van der Waals surface area contributed by atoms with E-state index in [1.54, 1.807) is 11.3 Å². The highest BCUT2D eigenvalue weighted by molar-refractivity contribution is 7.22. The van der Waals surface area contributed by atoms with E-state index in [0.717, 1.165) is 27.6 Å². The number of aromatic nitrogens is 3. The van der Waals surface area contributed by atoms with E-state index in [2.05, 4.69) is 58.6 Å². The normalized spacial score (nSPS) is 12.5. The number of aryl methyl sites for hydroxylation is 1. The number of rotatable bonds is 4. The molecule has 0 aliphatic rings. The highest BCUT2D eigenvalue weighted by atomic mass is 32.1. The molecular formula is C22H18N4S. The van der Waals surface area contributed by atoms with Crippen LogP contribution in [0.25, 0.3) is 21.1 Å². The number of benzene rings is 2. The van der Waals surface area contributed by atoms with Crippen molar-refractivity contribution in [3.63, 3.8) is 0 Å². The summed E-state index contributed by atoms with van der Waals surface area (Å²) in [5, 5.41) is 5.75. The highest BCUT2D eigenvalue weighted by Crippen LogP contribution is 2.35. The summed E-state index contributed by atoms with van der Waals surface area (Å²) in [6, 6.07) is 22.6. The van der Waals surface area contributed by atoms with Gasteiger partial charge in [-0.25, -0.2) is 4.98 Å². The molecule has 2 aromatic carbocycles. The third-order valence-electron chi connectivity index (χ3n) is 4.78. The molecule has 27 heavy (non-hydrogen) atoms. The number of hydrogen-bond acceptors (Lipinski definition) is 4. The minimum absolute atomic E-state index is 0.0806. The number of H-pyrrole nitrogens is 1. The zero-order valence-electron chi connectivity index (χ0n) is 14.8. The first-order valence-electron chi connectivity index (χ1n) is 8.90. The van der Waals surface area contributed by atoms with Crippen LogP contribution in [0.4, 0.5) is 5.13 Å². The monoisotopic (exact) mass is 370 g/mol. The molecule has 0 fully saturated rings. The maximum Gasteiger partial charge on any atom is 0.184 e. The lowest BCUT2D eigenvalue weighted by atomic mass is 10.00. The van der Waals surface area contributed by atoms with E-state index in [-0.39, 0.29) is 6.04 Å². The Bertz CT molecular complexity index is 1190. The molecule has 3 heterocycles. The van der Waals surface area contributed by atoms with Crippen LogP contribution >= 0.6 is 11.3 Å². The molecule has 1 atom stereocenters. The number of hydrogen-bond donors (Lipinski definition) is 2. The van der Waals surface area contributed by atoms with E-state index >= 15 is 0 Å². The van der Waals surface area contributed by atoms with Crippen LogP contribution in [-0.2, 0) is 0 Å². The Morgan fingerprint density at radius 2 is 1.78 bits per heavy atom. The molecule has 132 valence electrons. The van der Waals surface area contributed by atoms with E-state index in [1.807, 2.05) is 36.5 Å². The Kier molecular flexibility index (Phi) is 3.87. The summed E-state index contributed by atoms with van der Waals surface area (Å²) in [6.07, 6.45) is 1.84. The molecule has 5 rings (SSSR count). The second-order valence-electron chi connectivity index (χ2n) is 6.53. The molecule has 0 radical (unpaired) electrons. The maximum absolute atomic E-state index is 4.77. The summed E-state index contributed by atoms with van der Waals surface area (Å²) in [4.78, 5) is 12.9. The lowest BCUT2D eigenvalue weighted by Crippen LogP contribution is -2.14. The Morgan fingerprint density at radius 1 is 0.963 bits per heavy atom. The molecule has 0 aliphatic heterocycles. The number of anilines is 1. The van der Waals surface area contributed by atoms with Gasteiger partial charge in [0.2, 0.25) is 0 Å². The van der Waals surface area contributed by atoms with Crippen molar-refractivity contribution in [1.82, 2.24) is 15.0 Å². The van der Waals surface area contributed by atoms with Crippen molar-refractivity contribution in [2.24, 2.45) is 0 Å². The van der Waals surface area contributed by atoms with Crippen LogP contribution in [-0.4, -0.2) is 15.0 Å². The van der Waals surface area contributed by atoms with Crippen molar-refractivity contribution in [3.05, 3.63) is 89.9 Å². The van der Waals surface area contributed by atoms with Gasteiger partial charge >= 0.3 is 0 Å². The Balaban J connectivity index is 1.66. The van der Waals surface area contributed by atoms with Crippen LogP contribution in [0, 0.1) is 6.92 Å². The lowest BCUT2D eigenvalue weighted by Gasteiger charge is -2.18. The summed E-state index contributed by atoms with van der Waals surface area (Å²) >= 11 is 1.67. The van der Waals surface area contributed by atoms with Gasteiger partial charge in [-0.3, -0.25) is 4.98 Å². The predicted octanol–water partition coefficient (Wildman–Crippen LogP) is 5.68. The topological polar surface area (TPSA) is 53.6 Å². The van der Waals surface area contributed by atoms with Gasteiger partial charge < -0.3 is 10.3 Å². The Labute approximate surface area is 160 Å². The molecule has 0 spiro atoms. The average Bonchev–Trinajstić information content (AvgIpc) is 3.26. The third-order valence-corrected chi connectivity index (χ3v) is 5.74. The second-order valence-corrected chi connectivity index (χ2v) is 7.56. The first-order valence-corrected chi connectivity index (χ1v) is 9.71. The van der Waals surface area contributed by atoms with Gasteiger partial charge in [-0.1, -0.05) is 47.7 Å². The van der Waals surface area contributed by atoms with Crippen molar-refractivity contribution in [2.45, 2.75) is 13.0 Å². The second kappa shape index (κ2) is 6.52. The smallest absolute Gasteiger partial charge is 0.184 e. The molecule has 0 saturated heterocycles. The van der Waals surface area contributed by atoms with E-state index in [4.69, 9.17) is 4.98 Å². The summed E-state index contributed by atoms with van der Waals surface area (Å²) in [7, 11) is 0. The van der Waals surface area contributed by atoms with Crippen LogP contribution in [0.3, 0.4) is 0 Å². The highest BCUT2D eigenvalue weighted by Gasteiger charge is 2.23. The summed E-state index contributed by atoms with van der Waals surface area (Å²) < 4.78 is 1.18. The molecule has 5 heteroatoms. The standard InChI is InChI=1S/C22H18N4S/c1-14-20(15-8-2-3-9-16(15)24-14)21(18-11-6-7-13-23-18)26-22-25-17-10-4-5-12-19(17)27-22/h2-13,21,24H,1H3,(H,25,26). The quantitative estimate of drug-likeness (QED) is 0.428. The lowest BCUT2D eigenvalue weighted by molar-refractivity contribution is 0.882. The summed E-state index contributed by atoms with van der Waals surface area (Å²) in [6.45, 7) is 2.12. The molecule has 2 N–H and O–H groups in total. The van der Waals surface area contributed by atoms with E-state index in [1.165, 1.54) is 15.6 Å². The van der Waals surface area contributed by atoms with Crippen LogP contribution in [0.1, 0.15) is 23.0 Å². The van der Waals surface area contributed by atoms with Gasteiger partial charge in [-0.05, 0) is 37.3 Å². The SMILES string of the molecule is Cc1[nH]c2ccccc2c1C(Nc1nc2ccccc2s1)c1ccccn1. The third kappa shape index (κ3) is 2.86. The molecule has 3 aromatic heterocycles. The fourth-order valence-electron chi connectivity index (χ4n) is 3.57. The van der Waals surface area contributed by atoms with Gasteiger partial charge in [-0.15, -0.1) is 0 Å². The van der Waals surface area contributed by atoms with Crippen molar-refractivity contribution >= 4 is 37.6 Å². The number of pyridine rings is 1. The summed E-state index contributed by atoms with van der Waals surface area (Å²) in [5.74, 6) is 0. The molecule has 0 aliphatic carbocycles. The fraction of sp³-hybridized carbons (Fsp3) is 0.0909. The predicted molar refractivity (Wildman–Crippen MR) is 112 cm³/mol.